The van der Waals surface area contributed by atoms with E-state index in [-0.39, 0.29) is 13.1 Å². The van der Waals surface area contributed by atoms with Gasteiger partial charge in [0, 0.05) is 29.8 Å². The van der Waals surface area contributed by atoms with E-state index in [4.69, 9.17) is 26.2 Å². The van der Waals surface area contributed by atoms with Crippen molar-refractivity contribution in [1.82, 2.24) is 43.5 Å². The topological polar surface area (TPSA) is 118 Å². The normalized spacial score (nSPS) is 11.1. The van der Waals surface area contributed by atoms with Gasteiger partial charge in [-0.3, -0.25) is 14.4 Å². The Morgan fingerprint density at radius 2 is 1.45 bits per heavy atom. The Hall–Kier alpha value is -6.05. The van der Waals surface area contributed by atoms with E-state index in [1.54, 1.807) is 37.2 Å². The van der Waals surface area contributed by atoms with Gasteiger partial charge < -0.3 is 9.47 Å². The van der Waals surface area contributed by atoms with Crippen molar-refractivity contribution in [1.29, 1.82) is 0 Å². The van der Waals surface area contributed by atoms with Crippen molar-refractivity contribution >= 4 is 56.2 Å². The molecule has 0 atom stereocenters. The minimum atomic E-state index is -0.492. The quantitative estimate of drug-likeness (QED) is 0.158. The van der Waals surface area contributed by atoms with Crippen molar-refractivity contribution in [3.8, 4) is 22.1 Å². The molecule has 0 fully saturated rings. The number of hydrogen-bond donors (Lipinski definition) is 0. The summed E-state index contributed by atoms with van der Waals surface area (Å²) >= 11 is 7.39. The lowest BCUT2D eigenvalue weighted by Crippen LogP contribution is -2.00. The van der Waals surface area contributed by atoms with Gasteiger partial charge in [-0.1, -0.05) is 31.2 Å². The van der Waals surface area contributed by atoms with Gasteiger partial charge in [-0.05, 0) is 90.2 Å². The number of nitrogens with zero attached hydrogens (tertiary/aromatic N) is 9. The van der Waals surface area contributed by atoms with Crippen LogP contribution in [0.5, 0.6) is 11.5 Å². The highest BCUT2D eigenvalue weighted by molar-refractivity contribution is 7.09. The third-order valence-electron chi connectivity index (χ3n) is 8.47. The fraction of sp³-hybridized carbons (Fsp3) is 0.154. The Labute approximate surface area is 312 Å². The summed E-state index contributed by atoms with van der Waals surface area (Å²) in [6.45, 7) is 1.99. The molecule has 0 spiro atoms. The summed E-state index contributed by atoms with van der Waals surface area (Å²) in [7, 11) is 3.26. The van der Waals surface area contributed by atoms with Crippen LogP contribution in [-0.4, -0.2) is 57.8 Å². The molecule has 0 saturated heterocycles. The van der Waals surface area contributed by atoms with E-state index in [1.165, 1.54) is 23.2 Å². The highest BCUT2D eigenvalue weighted by atomic mass is 35.5. The fourth-order valence-corrected chi connectivity index (χ4v) is 6.82. The van der Waals surface area contributed by atoms with E-state index in [2.05, 4.69) is 47.7 Å². The van der Waals surface area contributed by atoms with Crippen molar-refractivity contribution in [3.05, 3.63) is 137 Å². The number of pyridine rings is 3. The van der Waals surface area contributed by atoms with Crippen molar-refractivity contribution in [2.75, 3.05) is 14.2 Å². The number of fused-ring (bicyclic) bond motifs is 4. The van der Waals surface area contributed by atoms with Crippen LogP contribution in [0.15, 0.2) is 97.6 Å². The zero-order valence-corrected chi connectivity index (χ0v) is 29.7. The van der Waals surface area contributed by atoms with Crippen molar-refractivity contribution in [3.63, 3.8) is 0 Å². The molecule has 53 heavy (non-hydrogen) atoms. The molecule has 14 heteroatoms. The standard InChI is InChI=1S/C21H17N5OS.C17H12ClFN4O.CH4/c1-13-7-20(28-25-13)19-5-6-21-23-11-16(26(21)24-19)9-14-3-4-18-15(8-14)10-17(27-2)12-22-18;1-24-13-6-11-4-10(2-3-15(11)20-8-13)5-16-21-22-17-14(19)7-12(18)9-23(16)17;/h3-8,10-12H,9H2,1-2H3;2-4,6-9H,5H2,1H3;1H4. The van der Waals surface area contributed by atoms with Crippen LogP contribution < -0.4 is 9.47 Å². The van der Waals surface area contributed by atoms with Gasteiger partial charge in [-0.2, -0.15) is 9.47 Å². The van der Waals surface area contributed by atoms with Gasteiger partial charge in [0.05, 0.1) is 65.1 Å². The smallest absolute Gasteiger partial charge is 0.197 e. The first-order valence-corrected chi connectivity index (χ1v) is 17.3. The highest BCUT2D eigenvalue weighted by Gasteiger charge is 2.13. The molecule has 11 nitrogen and oxygen atoms in total. The van der Waals surface area contributed by atoms with Gasteiger partial charge >= 0.3 is 0 Å². The van der Waals surface area contributed by atoms with Gasteiger partial charge in [0.1, 0.15) is 23.0 Å². The molecule has 9 rings (SSSR count). The Balaban J connectivity index is 0.000000163. The number of methoxy groups -OCH3 is 2. The molecule has 266 valence electrons. The van der Waals surface area contributed by atoms with E-state index in [0.717, 1.165) is 67.1 Å². The molecule has 7 heterocycles. The molecule has 0 saturated carbocycles. The van der Waals surface area contributed by atoms with Crippen molar-refractivity contribution in [2.45, 2.75) is 27.2 Å². The zero-order valence-electron chi connectivity index (χ0n) is 28.2. The molecule has 0 N–H and O–H groups in total. The first-order valence-electron chi connectivity index (χ1n) is 16.1. The number of imidazole rings is 1. The molecule has 2 aromatic carbocycles. The number of hydrogen-bond acceptors (Lipinski definition) is 10. The first-order chi connectivity index (χ1) is 25.3. The molecule has 9 aromatic rings. The van der Waals surface area contributed by atoms with Gasteiger partial charge in [0.25, 0.3) is 0 Å². The zero-order chi connectivity index (χ0) is 35.8. The number of ether oxygens (including phenoxy) is 2. The van der Waals surface area contributed by atoms with Crippen molar-refractivity contribution < 1.29 is 13.9 Å². The Morgan fingerprint density at radius 3 is 2.09 bits per heavy atom. The predicted molar refractivity (Wildman–Crippen MR) is 206 cm³/mol. The first kappa shape index (κ1) is 35.4. The molecule has 7 aromatic heterocycles. The molecule has 0 aliphatic heterocycles. The summed E-state index contributed by atoms with van der Waals surface area (Å²) < 4.78 is 32.2. The summed E-state index contributed by atoms with van der Waals surface area (Å²) in [5.41, 5.74) is 7.95. The average Bonchev–Trinajstić information content (AvgIpc) is 3.89. The number of aryl methyl sites for hydroxylation is 1. The lowest BCUT2D eigenvalue weighted by molar-refractivity contribution is 0.413. The minimum absolute atomic E-state index is 0. The molecule has 0 amide bonds. The summed E-state index contributed by atoms with van der Waals surface area (Å²) in [6, 6.07) is 23.4. The monoisotopic (exact) mass is 745 g/mol. The Bertz CT molecular complexity index is 2750. The van der Waals surface area contributed by atoms with Crippen LogP contribution in [0.4, 0.5) is 4.39 Å². The minimum Gasteiger partial charge on any atom is -0.495 e. The van der Waals surface area contributed by atoms with Crippen LogP contribution in [0.25, 0.3) is 43.7 Å². The van der Waals surface area contributed by atoms with Crippen molar-refractivity contribution in [2.24, 2.45) is 0 Å². The highest BCUT2D eigenvalue weighted by Crippen LogP contribution is 2.26. The van der Waals surface area contributed by atoms with Crippen LogP contribution in [0, 0.1) is 12.7 Å². The summed E-state index contributed by atoms with van der Waals surface area (Å²) in [5, 5.41) is 15.1. The molecule has 0 bridgehead atoms. The van der Waals surface area contributed by atoms with Gasteiger partial charge in [0.2, 0.25) is 0 Å². The van der Waals surface area contributed by atoms with E-state index in [1.807, 2.05) is 66.2 Å². The molecule has 0 unspecified atom stereocenters. The van der Waals surface area contributed by atoms with Crippen LogP contribution in [0.1, 0.15) is 35.8 Å². The lowest BCUT2D eigenvalue weighted by Gasteiger charge is -2.06. The van der Waals surface area contributed by atoms with Crippen LogP contribution in [0.2, 0.25) is 5.02 Å². The third-order valence-corrected chi connectivity index (χ3v) is 9.58. The number of benzene rings is 2. The maximum Gasteiger partial charge on any atom is 0.197 e. The van der Waals surface area contributed by atoms with Crippen LogP contribution in [-0.2, 0) is 12.8 Å². The summed E-state index contributed by atoms with van der Waals surface area (Å²) in [6.07, 6.45) is 8.14. The Morgan fingerprint density at radius 1 is 0.774 bits per heavy atom. The average molecular weight is 746 g/mol. The second kappa shape index (κ2) is 14.9. The van der Waals surface area contributed by atoms with Gasteiger partial charge in [0.15, 0.2) is 17.1 Å². The number of rotatable bonds is 7. The molecule has 0 radical (unpaired) electrons. The number of aromatic nitrogens is 9. The molecule has 0 aliphatic rings. The second-order valence-corrected chi connectivity index (χ2v) is 13.3. The summed E-state index contributed by atoms with van der Waals surface area (Å²) in [5.74, 6) is 1.57. The maximum absolute atomic E-state index is 13.9. The van der Waals surface area contributed by atoms with Gasteiger partial charge in [-0.25, -0.2) is 13.9 Å². The predicted octanol–water partition coefficient (Wildman–Crippen LogP) is 8.61. The molecular formula is C39H33ClFN9O2S. The number of halogens is 2. The van der Waals surface area contributed by atoms with E-state index >= 15 is 0 Å². The SMILES string of the molecule is C.COc1cnc2ccc(Cc3cnc4ccc(-c5cc(C)ns5)nn34)cc2c1.COc1cnc2ccc(Cc3nnc4c(F)cc(Cl)cn34)cc2c1. The van der Waals surface area contributed by atoms with E-state index in [0.29, 0.717) is 23.0 Å². The molecular weight excluding hydrogens is 713 g/mol. The summed E-state index contributed by atoms with van der Waals surface area (Å²) in [4.78, 5) is 14.3. The fourth-order valence-electron chi connectivity index (χ4n) is 5.90. The van der Waals surface area contributed by atoms with Crippen LogP contribution >= 0.6 is 23.1 Å². The largest absolute Gasteiger partial charge is 0.495 e. The third kappa shape index (κ3) is 7.34. The lowest BCUT2D eigenvalue weighted by atomic mass is 10.1. The molecule has 0 aliphatic carbocycles. The van der Waals surface area contributed by atoms with Crippen LogP contribution in [0.3, 0.4) is 0 Å². The van der Waals surface area contributed by atoms with E-state index < -0.39 is 5.82 Å². The maximum atomic E-state index is 13.9. The van der Waals surface area contributed by atoms with E-state index in [9.17, 15) is 4.39 Å². The van der Waals surface area contributed by atoms with Gasteiger partial charge in [-0.15, -0.1) is 10.2 Å². The Kier molecular flexibility index (Phi) is 9.94. The second-order valence-electron chi connectivity index (χ2n) is 12.0.